The molecule has 0 spiro atoms. The molecule has 3 aromatic rings. The number of piperidine rings is 1. The summed E-state index contributed by atoms with van der Waals surface area (Å²) in [4.78, 5) is 14.8. The van der Waals surface area contributed by atoms with Gasteiger partial charge in [-0.25, -0.2) is 4.98 Å². The normalized spacial score (nSPS) is 16.9. The number of aryl methyl sites for hydroxylation is 1. The third-order valence-corrected chi connectivity index (χ3v) is 6.96. The third kappa shape index (κ3) is 5.17. The van der Waals surface area contributed by atoms with Gasteiger partial charge in [-0.15, -0.1) is 0 Å². The number of ether oxygens (including phenoxy) is 2. The van der Waals surface area contributed by atoms with Crippen LogP contribution < -0.4 is 14.4 Å². The number of benzene rings is 2. The van der Waals surface area contributed by atoms with E-state index in [0.717, 1.165) is 73.8 Å². The number of hydrogen-bond donors (Lipinski definition) is 0. The Balaban J connectivity index is 1.41. The number of aromatic nitrogens is 2. The molecule has 2 aliphatic rings. The van der Waals surface area contributed by atoms with Gasteiger partial charge in [0.1, 0.15) is 11.5 Å². The Bertz CT molecular complexity index is 1110. The van der Waals surface area contributed by atoms with Crippen LogP contribution in [0.5, 0.6) is 17.4 Å². The zero-order valence-electron chi connectivity index (χ0n) is 20.5. The van der Waals surface area contributed by atoms with E-state index in [1.165, 1.54) is 24.0 Å². The van der Waals surface area contributed by atoms with Crippen LogP contribution in [0.3, 0.4) is 0 Å². The maximum absolute atomic E-state index is 6.39. The molecule has 3 heterocycles. The van der Waals surface area contributed by atoms with Crippen molar-refractivity contribution in [2.24, 2.45) is 5.92 Å². The summed E-state index contributed by atoms with van der Waals surface area (Å²) >= 11 is 0. The fourth-order valence-corrected chi connectivity index (χ4v) is 4.70. The SMILES string of the molecule is COc1ccc(CN2CCc3nc(N4CCC(C)CC4)nc(Oc4ccc(C)cc4)c3C2)cc1. The summed E-state index contributed by atoms with van der Waals surface area (Å²) in [7, 11) is 1.70. The van der Waals surface area contributed by atoms with E-state index in [-0.39, 0.29) is 0 Å². The van der Waals surface area contributed by atoms with Crippen LogP contribution in [0.1, 0.15) is 42.1 Å². The summed E-state index contributed by atoms with van der Waals surface area (Å²) in [5.41, 5.74) is 4.71. The smallest absolute Gasteiger partial charge is 0.228 e. The Morgan fingerprint density at radius 2 is 1.62 bits per heavy atom. The Hall–Kier alpha value is -3.12. The van der Waals surface area contributed by atoms with Crippen molar-refractivity contribution in [3.63, 3.8) is 0 Å². The molecule has 1 saturated heterocycles. The lowest BCUT2D eigenvalue weighted by atomic mass is 9.99. The van der Waals surface area contributed by atoms with Gasteiger partial charge in [-0.3, -0.25) is 4.90 Å². The summed E-state index contributed by atoms with van der Waals surface area (Å²) in [6, 6.07) is 16.5. The standard InChI is InChI=1S/C28H34N4O2/c1-20-4-8-24(9-5-20)34-27-25-19-31(18-22-6-10-23(33-3)11-7-22)15-14-26(25)29-28(30-27)32-16-12-21(2)13-17-32/h4-11,21H,12-19H2,1-3H3. The minimum atomic E-state index is 0.696. The summed E-state index contributed by atoms with van der Waals surface area (Å²) in [6.07, 6.45) is 3.27. The Kier molecular flexibility index (Phi) is 6.68. The highest BCUT2D eigenvalue weighted by molar-refractivity contribution is 5.44. The topological polar surface area (TPSA) is 50.7 Å². The molecule has 0 saturated carbocycles. The molecule has 6 nitrogen and oxygen atoms in total. The fourth-order valence-electron chi connectivity index (χ4n) is 4.70. The minimum Gasteiger partial charge on any atom is -0.497 e. The first kappa shape index (κ1) is 22.7. The molecule has 0 atom stereocenters. The number of methoxy groups -OCH3 is 1. The van der Waals surface area contributed by atoms with E-state index in [2.05, 4.69) is 47.9 Å². The highest BCUT2D eigenvalue weighted by atomic mass is 16.5. The van der Waals surface area contributed by atoms with Gasteiger partial charge in [0.05, 0.1) is 18.4 Å². The van der Waals surface area contributed by atoms with Crippen LogP contribution in [0.2, 0.25) is 0 Å². The average molecular weight is 459 g/mol. The molecule has 0 radical (unpaired) electrons. The van der Waals surface area contributed by atoms with Crippen LogP contribution in [0.25, 0.3) is 0 Å². The van der Waals surface area contributed by atoms with Crippen molar-refractivity contribution in [3.05, 3.63) is 70.9 Å². The first-order valence-corrected chi connectivity index (χ1v) is 12.3. The predicted molar refractivity (Wildman–Crippen MR) is 135 cm³/mol. The van der Waals surface area contributed by atoms with Crippen molar-refractivity contribution >= 4 is 5.95 Å². The van der Waals surface area contributed by atoms with Crippen LogP contribution in [-0.4, -0.2) is 41.6 Å². The minimum absolute atomic E-state index is 0.696. The van der Waals surface area contributed by atoms with Crippen molar-refractivity contribution in [3.8, 4) is 17.4 Å². The lowest BCUT2D eigenvalue weighted by molar-refractivity contribution is 0.238. The van der Waals surface area contributed by atoms with Gasteiger partial charge in [-0.2, -0.15) is 4.98 Å². The molecule has 34 heavy (non-hydrogen) atoms. The number of fused-ring (bicyclic) bond motifs is 1. The van der Waals surface area contributed by atoms with Gasteiger partial charge in [0.15, 0.2) is 0 Å². The number of hydrogen-bond acceptors (Lipinski definition) is 6. The van der Waals surface area contributed by atoms with E-state index < -0.39 is 0 Å². The van der Waals surface area contributed by atoms with Crippen molar-refractivity contribution < 1.29 is 9.47 Å². The highest BCUT2D eigenvalue weighted by Crippen LogP contribution is 2.33. The lowest BCUT2D eigenvalue weighted by Crippen LogP contribution is -2.36. The second-order valence-corrected chi connectivity index (χ2v) is 9.65. The van der Waals surface area contributed by atoms with E-state index in [0.29, 0.717) is 5.88 Å². The zero-order valence-corrected chi connectivity index (χ0v) is 20.5. The van der Waals surface area contributed by atoms with Crippen molar-refractivity contribution in [2.45, 2.75) is 46.2 Å². The first-order chi connectivity index (χ1) is 16.6. The fraction of sp³-hybridized carbons (Fsp3) is 0.429. The number of nitrogens with zero attached hydrogens (tertiary/aromatic N) is 4. The molecule has 2 aromatic carbocycles. The van der Waals surface area contributed by atoms with Crippen LogP contribution in [-0.2, 0) is 19.5 Å². The molecule has 0 N–H and O–H groups in total. The number of rotatable bonds is 6. The monoisotopic (exact) mass is 458 g/mol. The molecular formula is C28H34N4O2. The van der Waals surface area contributed by atoms with E-state index in [1.807, 2.05) is 24.3 Å². The maximum Gasteiger partial charge on any atom is 0.228 e. The second-order valence-electron chi connectivity index (χ2n) is 9.65. The zero-order chi connectivity index (χ0) is 23.5. The quantitative estimate of drug-likeness (QED) is 0.494. The summed E-state index contributed by atoms with van der Waals surface area (Å²) in [6.45, 7) is 9.05. The van der Waals surface area contributed by atoms with Crippen LogP contribution in [0, 0.1) is 12.8 Å². The van der Waals surface area contributed by atoms with Crippen LogP contribution in [0.4, 0.5) is 5.95 Å². The molecule has 0 unspecified atom stereocenters. The molecule has 5 rings (SSSR count). The van der Waals surface area contributed by atoms with Crippen molar-refractivity contribution in [1.29, 1.82) is 0 Å². The first-order valence-electron chi connectivity index (χ1n) is 12.3. The average Bonchev–Trinajstić information content (AvgIpc) is 2.86. The molecule has 0 amide bonds. The summed E-state index contributed by atoms with van der Waals surface area (Å²) in [5, 5.41) is 0. The third-order valence-electron chi connectivity index (χ3n) is 6.96. The molecule has 0 bridgehead atoms. The van der Waals surface area contributed by atoms with Crippen molar-refractivity contribution in [1.82, 2.24) is 14.9 Å². The van der Waals surface area contributed by atoms with Crippen LogP contribution in [0.15, 0.2) is 48.5 Å². The molecule has 1 fully saturated rings. The van der Waals surface area contributed by atoms with Gasteiger partial charge < -0.3 is 14.4 Å². The molecule has 178 valence electrons. The molecule has 6 heteroatoms. The van der Waals surface area contributed by atoms with Crippen LogP contribution >= 0.6 is 0 Å². The predicted octanol–water partition coefficient (Wildman–Crippen LogP) is 5.38. The highest BCUT2D eigenvalue weighted by Gasteiger charge is 2.27. The van der Waals surface area contributed by atoms with Gasteiger partial charge in [-0.05, 0) is 55.5 Å². The largest absolute Gasteiger partial charge is 0.497 e. The second kappa shape index (κ2) is 10.0. The van der Waals surface area contributed by atoms with Crippen molar-refractivity contribution in [2.75, 3.05) is 31.6 Å². The van der Waals surface area contributed by atoms with E-state index in [9.17, 15) is 0 Å². The van der Waals surface area contributed by atoms with Gasteiger partial charge in [0.2, 0.25) is 11.8 Å². The van der Waals surface area contributed by atoms with Gasteiger partial charge in [-0.1, -0.05) is 36.8 Å². The van der Waals surface area contributed by atoms with E-state index in [1.54, 1.807) is 7.11 Å². The molecule has 2 aliphatic heterocycles. The molecule has 1 aromatic heterocycles. The Morgan fingerprint density at radius 1 is 0.912 bits per heavy atom. The van der Waals surface area contributed by atoms with Gasteiger partial charge >= 0.3 is 0 Å². The summed E-state index contributed by atoms with van der Waals surface area (Å²) < 4.78 is 11.7. The maximum atomic E-state index is 6.39. The van der Waals surface area contributed by atoms with Gasteiger partial charge in [0, 0.05) is 39.1 Å². The summed E-state index contributed by atoms with van der Waals surface area (Å²) in [5.74, 6) is 3.98. The number of anilines is 1. The molecule has 0 aliphatic carbocycles. The molecular weight excluding hydrogens is 424 g/mol. The van der Waals surface area contributed by atoms with E-state index >= 15 is 0 Å². The van der Waals surface area contributed by atoms with E-state index in [4.69, 9.17) is 19.4 Å². The lowest BCUT2D eigenvalue weighted by Gasteiger charge is -2.33. The van der Waals surface area contributed by atoms with Gasteiger partial charge in [0.25, 0.3) is 0 Å². The Morgan fingerprint density at radius 3 is 2.32 bits per heavy atom. The Labute approximate surface area is 202 Å².